The van der Waals surface area contributed by atoms with Crippen LogP contribution in [0.4, 0.5) is 5.69 Å². The summed E-state index contributed by atoms with van der Waals surface area (Å²) in [7, 11) is 0. The molecule has 1 aromatic rings. The molecule has 0 aliphatic carbocycles. The molecular weight excluding hydrogens is 206 g/mol. The van der Waals surface area contributed by atoms with Gasteiger partial charge in [-0.3, -0.25) is 0 Å². The van der Waals surface area contributed by atoms with Gasteiger partial charge in [0.1, 0.15) is 0 Å². The second kappa shape index (κ2) is 3.78. The molecule has 1 unspecified atom stereocenters. The van der Waals surface area contributed by atoms with Crippen LogP contribution in [0.3, 0.4) is 0 Å². The lowest BCUT2D eigenvalue weighted by Gasteiger charge is -2.24. The summed E-state index contributed by atoms with van der Waals surface area (Å²) < 4.78 is 0. The molecule has 1 aliphatic heterocycles. The van der Waals surface area contributed by atoms with Crippen molar-refractivity contribution in [3.05, 3.63) is 23.2 Å². The number of aliphatic hydroxyl groups excluding tert-OH is 1. The smallest absolute Gasteiger partial charge is 0.0641 e. The predicted molar refractivity (Wildman–Crippen MR) is 56.7 cm³/mol. The van der Waals surface area contributed by atoms with E-state index in [2.05, 4.69) is 5.32 Å². The molecule has 2 nitrogen and oxygen atoms in total. The van der Waals surface area contributed by atoms with Crippen LogP contribution in [0.15, 0.2) is 23.1 Å². The lowest BCUT2D eigenvalue weighted by molar-refractivity contribution is 0.282. The van der Waals surface area contributed by atoms with Gasteiger partial charge in [0.15, 0.2) is 0 Å². The van der Waals surface area contributed by atoms with E-state index in [4.69, 9.17) is 16.7 Å². The molecule has 1 aromatic carbocycles. The third-order valence-corrected chi connectivity index (χ3v) is 3.42. The van der Waals surface area contributed by atoms with Gasteiger partial charge in [0.2, 0.25) is 0 Å². The van der Waals surface area contributed by atoms with Crippen molar-refractivity contribution in [1.29, 1.82) is 0 Å². The molecule has 0 saturated heterocycles. The Morgan fingerprint density at radius 2 is 2.46 bits per heavy atom. The Morgan fingerprint density at radius 1 is 1.62 bits per heavy atom. The van der Waals surface area contributed by atoms with Crippen molar-refractivity contribution in [3.63, 3.8) is 0 Å². The zero-order valence-electron chi connectivity index (χ0n) is 6.96. The maximum absolute atomic E-state index is 8.97. The lowest BCUT2D eigenvalue weighted by Crippen LogP contribution is -2.29. The standard InChI is InChI=1S/C9H10ClNOS/c10-6-1-2-8-9(3-6)13-5-7(4-12)11-8/h1-3,7,11-12H,4-5H2. The van der Waals surface area contributed by atoms with Gasteiger partial charge in [-0.25, -0.2) is 0 Å². The van der Waals surface area contributed by atoms with E-state index in [9.17, 15) is 0 Å². The van der Waals surface area contributed by atoms with Crippen LogP contribution in [0.2, 0.25) is 5.02 Å². The molecule has 1 aliphatic rings. The summed E-state index contributed by atoms with van der Waals surface area (Å²) in [6.07, 6.45) is 0. The van der Waals surface area contributed by atoms with Crippen LogP contribution in [-0.2, 0) is 0 Å². The summed E-state index contributed by atoms with van der Waals surface area (Å²) in [5, 5.41) is 13.0. The number of rotatable bonds is 1. The van der Waals surface area contributed by atoms with E-state index in [0.29, 0.717) is 0 Å². The van der Waals surface area contributed by atoms with Crippen molar-refractivity contribution in [2.75, 3.05) is 17.7 Å². The number of nitrogens with one attached hydrogen (secondary N) is 1. The Labute approximate surface area is 86.3 Å². The Balaban J connectivity index is 2.26. The van der Waals surface area contributed by atoms with Gasteiger partial charge in [0, 0.05) is 21.4 Å². The van der Waals surface area contributed by atoms with Crippen molar-refractivity contribution in [3.8, 4) is 0 Å². The van der Waals surface area contributed by atoms with E-state index in [-0.39, 0.29) is 12.6 Å². The quantitative estimate of drug-likeness (QED) is 0.754. The Morgan fingerprint density at radius 3 is 3.23 bits per heavy atom. The fourth-order valence-electron chi connectivity index (χ4n) is 1.29. The van der Waals surface area contributed by atoms with Crippen LogP contribution >= 0.6 is 23.4 Å². The molecule has 0 radical (unpaired) electrons. The SMILES string of the molecule is OCC1CSc2cc(Cl)ccc2N1. The first kappa shape index (κ1) is 9.19. The van der Waals surface area contributed by atoms with E-state index < -0.39 is 0 Å². The molecule has 1 atom stereocenters. The maximum Gasteiger partial charge on any atom is 0.0641 e. The Hall–Kier alpha value is -0.380. The predicted octanol–water partition coefficient (Wildman–Crippen LogP) is 2.22. The van der Waals surface area contributed by atoms with Crippen molar-refractivity contribution < 1.29 is 5.11 Å². The number of benzene rings is 1. The largest absolute Gasteiger partial charge is 0.394 e. The van der Waals surface area contributed by atoms with E-state index in [1.54, 1.807) is 11.8 Å². The van der Waals surface area contributed by atoms with Crippen LogP contribution < -0.4 is 5.32 Å². The highest BCUT2D eigenvalue weighted by Gasteiger charge is 2.16. The average Bonchev–Trinajstić information content (AvgIpc) is 2.17. The van der Waals surface area contributed by atoms with Gasteiger partial charge >= 0.3 is 0 Å². The summed E-state index contributed by atoms with van der Waals surface area (Å²) in [5.41, 5.74) is 1.07. The second-order valence-corrected chi connectivity index (χ2v) is 4.47. The highest BCUT2D eigenvalue weighted by Crippen LogP contribution is 2.34. The van der Waals surface area contributed by atoms with Crippen LogP contribution in [0.25, 0.3) is 0 Å². The van der Waals surface area contributed by atoms with E-state index in [0.717, 1.165) is 21.4 Å². The summed E-state index contributed by atoms with van der Waals surface area (Å²) in [6.45, 7) is 0.176. The summed E-state index contributed by atoms with van der Waals surface area (Å²) in [5.74, 6) is 0.893. The zero-order chi connectivity index (χ0) is 9.26. The molecular formula is C9H10ClNOS. The molecule has 0 saturated carbocycles. The number of hydrogen-bond donors (Lipinski definition) is 2. The minimum absolute atomic E-state index is 0.165. The topological polar surface area (TPSA) is 32.3 Å². The van der Waals surface area contributed by atoms with Crippen molar-refractivity contribution in [2.45, 2.75) is 10.9 Å². The highest BCUT2D eigenvalue weighted by atomic mass is 35.5. The van der Waals surface area contributed by atoms with Gasteiger partial charge in [-0.1, -0.05) is 11.6 Å². The Bertz CT molecular complexity index is 318. The van der Waals surface area contributed by atoms with Crippen molar-refractivity contribution >= 4 is 29.1 Å². The number of anilines is 1. The van der Waals surface area contributed by atoms with Gasteiger partial charge in [-0.2, -0.15) is 0 Å². The first-order valence-electron chi connectivity index (χ1n) is 4.09. The summed E-state index contributed by atoms with van der Waals surface area (Å²) in [6, 6.07) is 5.92. The molecule has 0 bridgehead atoms. The van der Waals surface area contributed by atoms with Crippen molar-refractivity contribution in [2.24, 2.45) is 0 Å². The molecule has 70 valence electrons. The Kier molecular flexibility index (Phi) is 2.67. The molecule has 2 rings (SSSR count). The van der Waals surface area contributed by atoms with Gasteiger partial charge in [0.25, 0.3) is 0 Å². The number of halogens is 1. The van der Waals surface area contributed by atoms with E-state index in [1.165, 1.54) is 0 Å². The van der Waals surface area contributed by atoms with Gasteiger partial charge in [0.05, 0.1) is 12.6 Å². The fourth-order valence-corrected chi connectivity index (χ4v) is 2.58. The van der Waals surface area contributed by atoms with Crippen LogP contribution in [0.1, 0.15) is 0 Å². The normalized spacial score (nSPS) is 20.6. The molecule has 4 heteroatoms. The molecule has 0 fully saturated rings. The number of hydrogen-bond acceptors (Lipinski definition) is 3. The van der Waals surface area contributed by atoms with E-state index >= 15 is 0 Å². The van der Waals surface area contributed by atoms with Crippen LogP contribution in [-0.4, -0.2) is 23.5 Å². The number of aliphatic hydroxyl groups is 1. The number of thioether (sulfide) groups is 1. The number of fused-ring (bicyclic) bond motifs is 1. The molecule has 2 N–H and O–H groups in total. The molecule has 0 aromatic heterocycles. The molecule has 0 spiro atoms. The minimum Gasteiger partial charge on any atom is -0.394 e. The maximum atomic E-state index is 8.97. The fraction of sp³-hybridized carbons (Fsp3) is 0.333. The second-order valence-electron chi connectivity index (χ2n) is 2.98. The van der Waals surface area contributed by atoms with Gasteiger partial charge in [-0.05, 0) is 18.2 Å². The zero-order valence-corrected chi connectivity index (χ0v) is 8.53. The van der Waals surface area contributed by atoms with Crippen LogP contribution in [0.5, 0.6) is 0 Å². The lowest BCUT2D eigenvalue weighted by atomic mass is 10.2. The van der Waals surface area contributed by atoms with Crippen molar-refractivity contribution in [1.82, 2.24) is 0 Å². The molecule has 0 amide bonds. The third-order valence-electron chi connectivity index (χ3n) is 1.96. The van der Waals surface area contributed by atoms with Gasteiger partial charge in [-0.15, -0.1) is 11.8 Å². The first-order valence-corrected chi connectivity index (χ1v) is 5.45. The highest BCUT2D eigenvalue weighted by molar-refractivity contribution is 7.99. The van der Waals surface area contributed by atoms with E-state index in [1.807, 2.05) is 18.2 Å². The third kappa shape index (κ3) is 1.93. The first-order chi connectivity index (χ1) is 6.29. The monoisotopic (exact) mass is 215 g/mol. The molecule has 1 heterocycles. The summed E-state index contributed by atoms with van der Waals surface area (Å²) in [4.78, 5) is 1.16. The molecule has 13 heavy (non-hydrogen) atoms. The van der Waals surface area contributed by atoms with Crippen LogP contribution in [0, 0.1) is 0 Å². The van der Waals surface area contributed by atoms with Gasteiger partial charge < -0.3 is 10.4 Å². The average molecular weight is 216 g/mol. The summed E-state index contributed by atoms with van der Waals surface area (Å²) >= 11 is 7.59. The minimum atomic E-state index is 0.165.